The van der Waals surface area contributed by atoms with Gasteiger partial charge in [0.25, 0.3) is 0 Å². The van der Waals surface area contributed by atoms with E-state index in [0.717, 1.165) is 49.9 Å². The Hall–Kier alpha value is -2.37. The molecule has 0 bridgehead atoms. The Labute approximate surface area is 166 Å². The molecule has 1 saturated carbocycles. The molecule has 1 amide bonds. The van der Waals surface area contributed by atoms with Crippen molar-refractivity contribution in [2.45, 2.75) is 32.4 Å². The fourth-order valence-electron chi connectivity index (χ4n) is 3.56. The largest absolute Gasteiger partial charge is 0.461 e. The summed E-state index contributed by atoms with van der Waals surface area (Å²) >= 11 is 0. The number of hydrogen-bond donors (Lipinski definition) is 1. The summed E-state index contributed by atoms with van der Waals surface area (Å²) < 4.78 is 11.2. The number of carbonyl (C=O) groups excluding carboxylic acids is 1. The van der Waals surface area contributed by atoms with Gasteiger partial charge >= 0.3 is 0 Å². The standard InChI is InChI=1S/C23H28N2O3/c1-17-14-21(17)22-8-6-20(28-22)7-9-23(26)24-15-18-2-4-19(5-3-18)16-25-10-12-27-13-11-25/h2-9,17,21H,10-16H2,1H3,(H,24,26)/b9-7-/t17-,21+/m1/s1. The Balaban J connectivity index is 1.22. The highest BCUT2D eigenvalue weighted by Gasteiger charge is 2.36. The SMILES string of the molecule is C[C@@H]1C[C@@H]1c1ccc(/C=C\C(=O)NCc2ccc(CN3CCOCC3)cc2)o1. The second kappa shape index (κ2) is 8.76. The minimum Gasteiger partial charge on any atom is -0.461 e. The summed E-state index contributed by atoms with van der Waals surface area (Å²) in [7, 11) is 0. The molecule has 2 aromatic rings. The predicted octanol–water partition coefficient (Wildman–Crippen LogP) is 3.56. The first-order valence-corrected chi connectivity index (χ1v) is 10.1. The molecule has 28 heavy (non-hydrogen) atoms. The maximum absolute atomic E-state index is 12.1. The van der Waals surface area contributed by atoms with Crippen LogP contribution < -0.4 is 5.32 Å². The van der Waals surface area contributed by atoms with Gasteiger partial charge in [0.1, 0.15) is 11.5 Å². The fourth-order valence-corrected chi connectivity index (χ4v) is 3.56. The van der Waals surface area contributed by atoms with Gasteiger partial charge < -0.3 is 14.5 Å². The second-order valence-electron chi connectivity index (χ2n) is 7.82. The van der Waals surface area contributed by atoms with Gasteiger partial charge in [-0.05, 0) is 41.7 Å². The summed E-state index contributed by atoms with van der Waals surface area (Å²) in [5.41, 5.74) is 2.38. The van der Waals surface area contributed by atoms with Crippen molar-refractivity contribution in [2.24, 2.45) is 5.92 Å². The molecule has 0 spiro atoms. The van der Waals surface area contributed by atoms with Crippen LogP contribution in [0.1, 0.15) is 41.9 Å². The maximum Gasteiger partial charge on any atom is 0.244 e. The average molecular weight is 380 g/mol. The Morgan fingerprint density at radius 1 is 1.14 bits per heavy atom. The number of amides is 1. The van der Waals surface area contributed by atoms with Crippen molar-refractivity contribution in [1.82, 2.24) is 10.2 Å². The summed E-state index contributed by atoms with van der Waals surface area (Å²) in [5, 5.41) is 2.92. The third-order valence-electron chi connectivity index (χ3n) is 5.52. The minimum absolute atomic E-state index is 0.116. The molecule has 1 aromatic heterocycles. The summed E-state index contributed by atoms with van der Waals surface area (Å²) in [6, 6.07) is 12.4. The lowest BCUT2D eigenvalue weighted by molar-refractivity contribution is -0.116. The normalized spacial score (nSPS) is 22.5. The average Bonchev–Trinajstić information content (AvgIpc) is 3.26. The number of hydrogen-bond acceptors (Lipinski definition) is 4. The predicted molar refractivity (Wildman–Crippen MR) is 109 cm³/mol. The highest BCUT2D eigenvalue weighted by atomic mass is 16.5. The number of nitrogens with zero attached hydrogens (tertiary/aromatic N) is 1. The lowest BCUT2D eigenvalue weighted by Gasteiger charge is -2.26. The molecule has 1 aromatic carbocycles. The van der Waals surface area contributed by atoms with E-state index < -0.39 is 0 Å². The van der Waals surface area contributed by atoms with Crippen LogP contribution in [0.5, 0.6) is 0 Å². The van der Waals surface area contributed by atoms with Gasteiger partial charge in [-0.2, -0.15) is 0 Å². The highest BCUT2D eigenvalue weighted by Crippen LogP contribution is 2.47. The van der Waals surface area contributed by atoms with E-state index in [1.165, 1.54) is 18.1 Å². The Morgan fingerprint density at radius 3 is 2.57 bits per heavy atom. The topological polar surface area (TPSA) is 54.7 Å². The van der Waals surface area contributed by atoms with Crippen molar-refractivity contribution in [3.05, 3.63) is 65.1 Å². The smallest absolute Gasteiger partial charge is 0.244 e. The van der Waals surface area contributed by atoms with Crippen LogP contribution in [-0.4, -0.2) is 37.1 Å². The Kier molecular flexibility index (Phi) is 5.93. The van der Waals surface area contributed by atoms with E-state index in [-0.39, 0.29) is 5.91 Å². The van der Waals surface area contributed by atoms with E-state index in [0.29, 0.717) is 18.4 Å². The van der Waals surface area contributed by atoms with Gasteiger partial charge in [0.15, 0.2) is 0 Å². The monoisotopic (exact) mass is 380 g/mol. The molecule has 1 aliphatic carbocycles. The molecule has 0 unspecified atom stereocenters. The molecule has 1 saturated heterocycles. The Morgan fingerprint density at radius 2 is 1.86 bits per heavy atom. The van der Waals surface area contributed by atoms with Crippen molar-refractivity contribution in [2.75, 3.05) is 26.3 Å². The van der Waals surface area contributed by atoms with Gasteiger partial charge in [0, 0.05) is 38.2 Å². The summed E-state index contributed by atoms with van der Waals surface area (Å²) in [5.74, 6) is 2.92. The van der Waals surface area contributed by atoms with Crippen molar-refractivity contribution >= 4 is 12.0 Å². The first-order valence-electron chi connectivity index (χ1n) is 10.1. The number of carbonyl (C=O) groups is 1. The number of ether oxygens (including phenoxy) is 1. The molecule has 4 rings (SSSR count). The fraction of sp³-hybridized carbons (Fsp3) is 0.435. The van der Waals surface area contributed by atoms with Crippen LogP contribution in [0, 0.1) is 5.92 Å². The first-order chi connectivity index (χ1) is 13.7. The van der Waals surface area contributed by atoms with Crippen molar-refractivity contribution in [3.63, 3.8) is 0 Å². The number of morpholine rings is 1. The number of furan rings is 1. The highest BCUT2D eigenvalue weighted by molar-refractivity contribution is 5.91. The van der Waals surface area contributed by atoms with Crippen LogP contribution in [0.2, 0.25) is 0 Å². The van der Waals surface area contributed by atoms with Gasteiger partial charge in [0.05, 0.1) is 13.2 Å². The molecule has 5 heteroatoms. The minimum atomic E-state index is -0.116. The first kappa shape index (κ1) is 19.0. The number of rotatable bonds is 7. The summed E-state index contributed by atoms with van der Waals surface area (Å²) in [6.07, 6.45) is 4.46. The van der Waals surface area contributed by atoms with E-state index in [9.17, 15) is 4.79 Å². The Bertz CT molecular complexity index is 819. The molecule has 5 nitrogen and oxygen atoms in total. The van der Waals surface area contributed by atoms with Crippen LogP contribution in [0.3, 0.4) is 0 Å². The molecule has 1 aliphatic heterocycles. The van der Waals surface area contributed by atoms with Gasteiger partial charge in [-0.15, -0.1) is 0 Å². The molecule has 2 aliphatic rings. The van der Waals surface area contributed by atoms with Gasteiger partial charge in [-0.25, -0.2) is 0 Å². The van der Waals surface area contributed by atoms with Gasteiger partial charge in [0.2, 0.25) is 5.91 Å². The van der Waals surface area contributed by atoms with Crippen LogP contribution in [0.15, 0.2) is 46.9 Å². The molecule has 0 radical (unpaired) electrons. The second-order valence-corrected chi connectivity index (χ2v) is 7.82. The summed E-state index contributed by atoms with van der Waals surface area (Å²) in [6.45, 7) is 7.30. The van der Waals surface area contributed by atoms with Gasteiger partial charge in [-0.1, -0.05) is 31.2 Å². The lowest BCUT2D eigenvalue weighted by Crippen LogP contribution is -2.35. The van der Waals surface area contributed by atoms with Crippen molar-refractivity contribution in [1.29, 1.82) is 0 Å². The van der Waals surface area contributed by atoms with Crippen molar-refractivity contribution < 1.29 is 13.9 Å². The quantitative estimate of drug-likeness (QED) is 0.746. The number of nitrogens with one attached hydrogen (secondary N) is 1. The van der Waals surface area contributed by atoms with E-state index in [1.807, 2.05) is 12.1 Å². The maximum atomic E-state index is 12.1. The zero-order valence-corrected chi connectivity index (χ0v) is 16.4. The van der Waals surface area contributed by atoms with E-state index in [1.54, 1.807) is 6.08 Å². The van der Waals surface area contributed by atoms with E-state index in [4.69, 9.17) is 9.15 Å². The molecule has 2 fully saturated rings. The van der Waals surface area contributed by atoms with Crippen LogP contribution in [0.25, 0.3) is 6.08 Å². The lowest BCUT2D eigenvalue weighted by atomic mass is 10.1. The van der Waals surface area contributed by atoms with E-state index >= 15 is 0 Å². The van der Waals surface area contributed by atoms with Crippen LogP contribution in [0.4, 0.5) is 0 Å². The molecular weight excluding hydrogens is 352 g/mol. The zero-order chi connectivity index (χ0) is 19.3. The van der Waals surface area contributed by atoms with Gasteiger partial charge in [-0.3, -0.25) is 9.69 Å². The third kappa shape index (κ3) is 5.12. The molecule has 1 N–H and O–H groups in total. The van der Waals surface area contributed by atoms with Crippen molar-refractivity contribution in [3.8, 4) is 0 Å². The number of benzene rings is 1. The molecule has 2 atom stereocenters. The van der Waals surface area contributed by atoms with Crippen LogP contribution >= 0.6 is 0 Å². The third-order valence-corrected chi connectivity index (χ3v) is 5.52. The summed E-state index contributed by atoms with van der Waals surface area (Å²) in [4.78, 5) is 14.5. The van der Waals surface area contributed by atoms with E-state index in [2.05, 4.69) is 41.4 Å². The molecule has 148 valence electrons. The van der Waals surface area contributed by atoms with Crippen LogP contribution in [-0.2, 0) is 22.6 Å². The zero-order valence-electron chi connectivity index (χ0n) is 16.4. The molecule has 2 heterocycles. The molecular formula is C23H28N2O3.